The molecule has 7 heteroatoms. The van der Waals surface area contributed by atoms with Crippen LogP contribution in [0.4, 0.5) is 11.5 Å². The zero-order valence-electron chi connectivity index (χ0n) is 25.6. The van der Waals surface area contributed by atoms with Crippen molar-refractivity contribution in [2.24, 2.45) is 5.10 Å². The molecule has 0 unspecified atom stereocenters. The Kier molecular flexibility index (Phi) is 9.24. The standard InChI is InChI=1S/C36H42N6O/c1-29(41(37-4)33-21-22-39-34(27-33)40-23-25-43-26-24-40)28-35(2,3)42(38-5)36(30-15-9-6-10-16-30,31-17-11-7-12-18-31)32-19-13-8-14-20-32/h6-22,27-28,37H,5,23-26H2,1-4H3/b29-28+. The molecule has 1 aliphatic heterocycles. The predicted octanol–water partition coefficient (Wildman–Crippen LogP) is 6.45. The Morgan fingerprint density at radius 2 is 1.40 bits per heavy atom. The molecule has 43 heavy (non-hydrogen) atoms. The second-order valence-corrected chi connectivity index (χ2v) is 11.2. The van der Waals surface area contributed by atoms with Gasteiger partial charge in [-0.25, -0.2) is 10.4 Å². The first-order valence-electron chi connectivity index (χ1n) is 14.8. The first kappa shape index (κ1) is 30.0. The maximum atomic E-state index is 5.55. The maximum Gasteiger partial charge on any atom is 0.134 e. The highest BCUT2D eigenvalue weighted by Gasteiger charge is 2.47. The van der Waals surface area contributed by atoms with Crippen LogP contribution in [-0.2, 0) is 10.3 Å². The van der Waals surface area contributed by atoms with Crippen LogP contribution in [0.1, 0.15) is 37.5 Å². The number of nitrogens with zero attached hydrogens (tertiary/aromatic N) is 5. The van der Waals surface area contributed by atoms with Crippen LogP contribution in [0.2, 0.25) is 0 Å². The van der Waals surface area contributed by atoms with Gasteiger partial charge < -0.3 is 9.64 Å². The number of hydrogen-bond donors (Lipinski definition) is 1. The lowest BCUT2D eigenvalue weighted by atomic mass is 9.74. The summed E-state index contributed by atoms with van der Waals surface area (Å²) in [5.41, 5.74) is 7.38. The summed E-state index contributed by atoms with van der Waals surface area (Å²) < 4.78 is 5.55. The lowest BCUT2D eigenvalue weighted by Crippen LogP contribution is -2.54. The highest BCUT2D eigenvalue weighted by Crippen LogP contribution is 2.46. The molecule has 0 aliphatic carbocycles. The number of aromatic nitrogens is 1. The van der Waals surface area contributed by atoms with Crippen LogP contribution in [0.25, 0.3) is 0 Å². The largest absolute Gasteiger partial charge is 0.378 e. The molecule has 0 spiro atoms. The van der Waals surface area contributed by atoms with Gasteiger partial charge in [0.1, 0.15) is 11.4 Å². The van der Waals surface area contributed by atoms with Crippen molar-refractivity contribution >= 4 is 18.2 Å². The van der Waals surface area contributed by atoms with Gasteiger partial charge in [-0.3, -0.25) is 10.0 Å². The van der Waals surface area contributed by atoms with Gasteiger partial charge in [0.15, 0.2) is 0 Å². The number of hydrazone groups is 1. The quantitative estimate of drug-likeness (QED) is 0.126. The summed E-state index contributed by atoms with van der Waals surface area (Å²) >= 11 is 0. The maximum absolute atomic E-state index is 5.55. The molecule has 2 heterocycles. The van der Waals surface area contributed by atoms with E-state index in [4.69, 9.17) is 9.84 Å². The van der Waals surface area contributed by atoms with Crippen molar-refractivity contribution in [2.75, 3.05) is 43.3 Å². The molecule has 5 rings (SSSR count). The molecular weight excluding hydrogens is 532 g/mol. The first-order valence-corrected chi connectivity index (χ1v) is 14.8. The Morgan fingerprint density at radius 3 is 1.86 bits per heavy atom. The molecule has 1 aromatic heterocycles. The van der Waals surface area contributed by atoms with Gasteiger partial charge in [-0.05, 0) is 49.6 Å². The fraction of sp³-hybridized carbons (Fsp3) is 0.278. The van der Waals surface area contributed by atoms with Gasteiger partial charge in [-0.15, -0.1) is 0 Å². The summed E-state index contributed by atoms with van der Waals surface area (Å²) in [6, 6.07) is 35.9. The summed E-state index contributed by atoms with van der Waals surface area (Å²) in [6.45, 7) is 13.7. The summed E-state index contributed by atoms with van der Waals surface area (Å²) in [6.07, 6.45) is 4.11. The molecule has 4 aromatic rings. The van der Waals surface area contributed by atoms with E-state index < -0.39 is 11.1 Å². The number of anilines is 2. The zero-order chi connectivity index (χ0) is 30.3. The summed E-state index contributed by atoms with van der Waals surface area (Å²) in [5, 5.41) is 9.05. The van der Waals surface area contributed by atoms with Crippen LogP contribution in [-0.4, -0.2) is 55.6 Å². The Morgan fingerprint density at radius 1 is 0.884 bits per heavy atom. The predicted molar refractivity (Wildman–Crippen MR) is 177 cm³/mol. The molecule has 1 saturated heterocycles. The average Bonchev–Trinajstić information content (AvgIpc) is 3.05. The molecular formula is C36H42N6O. The third-order valence-electron chi connectivity index (χ3n) is 8.04. The zero-order valence-corrected chi connectivity index (χ0v) is 25.6. The molecule has 0 amide bonds. The van der Waals surface area contributed by atoms with Crippen molar-refractivity contribution in [3.8, 4) is 0 Å². The van der Waals surface area contributed by atoms with E-state index in [1.165, 1.54) is 0 Å². The number of rotatable bonds is 11. The third kappa shape index (κ3) is 6.05. The topological polar surface area (TPSA) is 56.2 Å². The van der Waals surface area contributed by atoms with E-state index in [0.29, 0.717) is 13.2 Å². The normalized spacial score (nSPS) is 14.3. The van der Waals surface area contributed by atoms with Crippen LogP contribution in [0.5, 0.6) is 0 Å². The van der Waals surface area contributed by atoms with Crippen molar-refractivity contribution < 1.29 is 4.74 Å². The molecule has 1 fully saturated rings. The van der Waals surface area contributed by atoms with Crippen molar-refractivity contribution in [1.82, 2.24) is 15.4 Å². The minimum Gasteiger partial charge on any atom is -0.378 e. The van der Waals surface area contributed by atoms with E-state index in [2.05, 4.69) is 156 Å². The van der Waals surface area contributed by atoms with E-state index in [1.54, 1.807) is 0 Å². The molecule has 0 saturated carbocycles. The van der Waals surface area contributed by atoms with Crippen molar-refractivity contribution in [2.45, 2.75) is 31.8 Å². The van der Waals surface area contributed by atoms with E-state index in [0.717, 1.165) is 47.0 Å². The number of benzene rings is 3. The Bertz CT molecular complexity index is 1400. The van der Waals surface area contributed by atoms with Crippen LogP contribution in [0.3, 0.4) is 0 Å². The number of hydrazine groups is 1. The molecule has 0 radical (unpaired) electrons. The Hall–Kier alpha value is -4.46. The molecule has 3 aromatic carbocycles. The minimum atomic E-state index is -0.754. The van der Waals surface area contributed by atoms with Gasteiger partial charge in [0.25, 0.3) is 0 Å². The van der Waals surface area contributed by atoms with E-state index in [9.17, 15) is 0 Å². The molecule has 1 aliphatic rings. The lowest BCUT2D eigenvalue weighted by molar-refractivity contribution is 0.0750. The van der Waals surface area contributed by atoms with Gasteiger partial charge in [-0.2, -0.15) is 5.10 Å². The number of pyridine rings is 1. The second kappa shape index (κ2) is 13.2. The Balaban J connectivity index is 1.62. The highest BCUT2D eigenvalue weighted by molar-refractivity contribution is 5.58. The van der Waals surface area contributed by atoms with Gasteiger partial charge in [0.2, 0.25) is 0 Å². The van der Waals surface area contributed by atoms with Crippen LogP contribution >= 0.6 is 0 Å². The fourth-order valence-electron chi connectivity index (χ4n) is 6.28. The van der Waals surface area contributed by atoms with E-state index in [-0.39, 0.29) is 0 Å². The van der Waals surface area contributed by atoms with Crippen molar-refractivity contribution in [1.29, 1.82) is 0 Å². The molecule has 7 nitrogen and oxygen atoms in total. The third-order valence-corrected chi connectivity index (χ3v) is 8.04. The summed E-state index contributed by atoms with van der Waals surface area (Å²) in [7, 11) is 1.94. The molecule has 222 valence electrons. The van der Waals surface area contributed by atoms with Gasteiger partial charge in [0.05, 0.1) is 24.4 Å². The molecule has 0 bridgehead atoms. The number of ether oxygens (including phenoxy) is 1. The fourth-order valence-corrected chi connectivity index (χ4v) is 6.28. The number of morpholine rings is 1. The van der Waals surface area contributed by atoms with Crippen LogP contribution in [0.15, 0.2) is 126 Å². The number of hydrogen-bond acceptors (Lipinski definition) is 7. The average molecular weight is 575 g/mol. The van der Waals surface area contributed by atoms with Gasteiger partial charge in [0, 0.05) is 44.8 Å². The van der Waals surface area contributed by atoms with Gasteiger partial charge >= 0.3 is 0 Å². The smallest absolute Gasteiger partial charge is 0.134 e. The van der Waals surface area contributed by atoms with E-state index in [1.807, 2.05) is 19.3 Å². The van der Waals surface area contributed by atoms with Gasteiger partial charge in [-0.1, -0.05) is 91.0 Å². The van der Waals surface area contributed by atoms with Crippen LogP contribution < -0.4 is 15.3 Å². The lowest BCUT2D eigenvalue weighted by Gasteiger charge is -2.50. The minimum absolute atomic E-state index is 0.595. The second-order valence-electron chi connectivity index (χ2n) is 11.2. The number of allylic oxidation sites excluding steroid dienone is 1. The molecule has 1 N–H and O–H groups in total. The summed E-state index contributed by atoms with van der Waals surface area (Å²) in [5.74, 6) is 0.943. The molecule has 0 atom stereocenters. The van der Waals surface area contributed by atoms with E-state index >= 15 is 0 Å². The van der Waals surface area contributed by atoms with Crippen LogP contribution in [0, 0.1) is 0 Å². The SMILES string of the molecule is C=NN(C(C)(C)/C=C(\C)N(NC)c1ccnc(N2CCOCC2)c1)C(c1ccccc1)(c1ccccc1)c1ccccc1. The number of nitrogens with one attached hydrogen (secondary N) is 1. The van der Waals surface area contributed by atoms with Crippen molar-refractivity contribution in [3.05, 3.63) is 138 Å². The van der Waals surface area contributed by atoms with Crippen molar-refractivity contribution in [3.63, 3.8) is 0 Å². The highest BCUT2D eigenvalue weighted by atomic mass is 16.5. The Labute approximate surface area is 256 Å². The summed E-state index contributed by atoms with van der Waals surface area (Å²) in [4.78, 5) is 6.92. The first-order chi connectivity index (χ1) is 20.9. The monoisotopic (exact) mass is 574 g/mol.